The summed E-state index contributed by atoms with van der Waals surface area (Å²) in [6.45, 7) is 2.46. The largest absolute Gasteiger partial charge is 0.357 e. The first kappa shape index (κ1) is 20.6. The predicted molar refractivity (Wildman–Crippen MR) is 118 cm³/mol. The summed E-state index contributed by atoms with van der Waals surface area (Å²) in [5.74, 6) is 0.529. The van der Waals surface area contributed by atoms with Gasteiger partial charge < -0.3 is 15.5 Å². The third-order valence-electron chi connectivity index (χ3n) is 4.76. The number of hydrogen-bond acceptors (Lipinski definition) is 4. The number of nitrogens with one attached hydrogen (secondary N) is 2. The fourth-order valence-electron chi connectivity index (χ4n) is 3.17. The molecular formula is C21H25IN4O2. The van der Waals surface area contributed by atoms with Gasteiger partial charge in [0.05, 0.1) is 12.1 Å². The second-order valence-electron chi connectivity index (χ2n) is 6.87. The first-order valence-electron chi connectivity index (χ1n) is 9.63. The zero-order valence-corrected chi connectivity index (χ0v) is 17.9. The number of carbonyl (C=O) groups excluding carboxylic acids is 2. The Bertz CT molecular complexity index is 802. The maximum atomic E-state index is 12.1. The van der Waals surface area contributed by atoms with Crippen LogP contribution in [0.5, 0.6) is 0 Å². The minimum atomic E-state index is -0.247. The molecule has 1 saturated heterocycles. The summed E-state index contributed by atoms with van der Waals surface area (Å²) >= 11 is 2.11. The molecule has 2 heterocycles. The lowest BCUT2D eigenvalue weighted by atomic mass is 10.2. The van der Waals surface area contributed by atoms with E-state index in [0.717, 1.165) is 28.0 Å². The van der Waals surface area contributed by atoms with Gasteiger partial charge in [-0.3, -0.25) is 9.59 Å². The van der Waals surface area contributed by atoms with Crippen LogP contribution in [0.3, 0.4) is 0 Å². The zero-order chi connectivity index (χ0) is 19.8. The van der Waals surface area contributed by atoms with Gasteiger partial charge in [0.2, 0.25) is 5.91 Å². The summed E-state index contributed by atoms with van der Waals surface area (Å²) in [5.41, 5.74) is 1.51. The number of carbonyl (C=O) groups is 2. The molecule has 2 aromatic rings. The van der Waals surface area contributed by atoms with Gasteiger partial charge in [-0.1, -0.05) is 31.0 Å². The highest BCUT2D eigenvalue weighted by Crippen LogP contribution is 2.17. The first-order chi connectivity index (χ1) is 13.6. The number of anilines is 1. The van der Waals surface area contributed by atoms with Gasteiger partial charge in [-0.2, -0.15) is 0 Å². The minimum Gasteiger partial charge on any atom is -0.357 e. The third-order valence-corrected chi connectivity index (χ3v) is 5.70. The molecule has 0 atom stereocenters. The van der Waals surface area contributed by atoms with E-state index in [0.29, 0.717) is 12.1 Å². The van der Waals surface area contributed by atoms with Crippen LogP contribution in [-0.4, -0.2) is 36.4 Å². The second-order valence-corrected chi connectivity index (χ2v) is 8.03. The van der Waals surface area contributed by atoms with Gasteiger partial charge in [-0.15, -0.1) is 0 Å². The molecule has 28 heavy (non-hydrogen) atoms. The molecule has 1 aromatic carbocycles. The van der Waals surface area contributed by atoms with Crippen LogP contribution in [0.25, 0.3) is 0 Å². The minimum absolute atomic E-state index is 0.0525. The Kier molecular flexibility index (Phi) is 7.64. The lowest BCUT2D eigenvalue weighted by Gasteiger charge is -2.21. The highest BCUT2D eigenvalue weighted by Gasteiger charge is 2.12. The number of aromatic nitrogens is 1. The van der Waals surface area contributed by atoms with Crippen molar-refractivity contribution in [3.8, 4) is 0 Å². The molecule has 1 aliphatic heterocycles. The van der Waals surface area contributed by atoms with Crippen molar-refractivity contribution < 1.29 is 9.59 Å². The van der Waals surface area contributed by atoms with Crippen LogP contribution >= 0.6 is 22.6 Å². The molecule has 0 bridgehead atoms. The number of benzene rings is 1. The molecule has 0 spiro atoms. The molecule has 1 aliphatic rings. The van der Waals surface area contributed by atoms with Gasteiger partial charge in [0, 0.05) is 29.4 Å². The zero-order valence-electron chi connectivity index (χ0n) is 15.8. The Morgan fingerprint density at radius 2 is 1.75 bits per heavy atom. The summed E-state index contributed by atoms with van der Waals surface area (Å²) in [6.07, 6.45) is 6.83. The van der Waals surface area contributed by atoms with Crippen molar-refractivity contribution in [3.05, 3.63) is 57.3 Å². The van der Waals surface area contributed by atoms with E-state index >= 15 is 0 Å². The molecule has 3 rings (SSSR count). The van der Waals surface area contributed by atoms with Gasteiger partial charge >= 0.3 is 0 Å². The monoisotopic (exact) mass is 492 g/mol. The quantitative estimate of drug-likeness (QED) is 0.608. The number of amides is 2. The van der Waals surface area contributed by atoms with E-state index in [4.69, 9.17) is 0 Å². The van der Waals surface area contributed by atoms with Crippen LogP contribution in [0.15, 0.2) is 42.6 Å². The van der Waals surface area contributed by atoms with Crippen LogP contribution in [-0.2, 0) is 11.3 Å². The van der Waals surface area contributed by atoms with Gasteiger partial charge in [-0.05, 0) is 59.2 Å². The average molecular weight is 492 g/mol. The number of halogens is 1. The lowest BCUT2D eigenvalue weighted by Crippen LogP contribution is -2.36. The standard InChI is InChI=1S/C21H25IN4O2/c22-18-8-4-3-7-17(18)21(28)25-15-20(27)24-14-16-9-10-19(23-13-16)26-11-5-1-2-6-12-26/h3-4,7-10,13H,1-2,5-6,11-12,14-15H2,(H,24,27)(H,25,28). The predicted octanol–water partition coefficient (Wildman–Crippen LogP) is 3.11. The van der Waals surface area contributed by atoms with Crippen molar-refractivity contribution in [3.63, 3.8) is 0 Å². The van der Waals surface area contributed by atoms with Crippen LogP contribution < -0.4 is 15.5 Å². The third kappa shape index (κ3) is 5.92. The van der Waals surface area contributed by atoms with Crippen molar-refractivity contribution >= 4 is 40.2 Å². The fraction of sp³-hybridized carbons (Fsp3) is 0.381. The maximum absolute atomic E-state index is 12.1. The normalized spacial score (nSPS) is 14.2. The van der Waals surface area contributed by atoms with Crippen molar-refractivity contribution in [1.29, 1.82) is 0 Å². The molecule has 2 N–H and O–H groups in total. The molecule has 0 radical (unpaired) electrons. The summed E-state index contributed by atoms with van der Waals surface area (Å²) in [4.78, 5) is 31.1. The second kappa shape index (κ2) is 10.4. The van der Waals surface area contributed by atoms with Crippen molar-refractivity contribution in [1.82, 2.24) is 15.6 Å². The maximum Gasteiger partial charge on any atom is 0.252 e. The first-order valence-corrected chi connectivity index (χ1v) is 10.7. The number of nitrogens with zero attached hydrogens (tertiary/aromatic N) is 2. The Balaban J connectivity index is 1.44. The van der Waals surface area contributed by atoms with E-state index in [-0.39, 0.29) is 18.4 Å². The van der Waals surface area contributed by atoms with E-state index in [1.807, 2.05) is 30.5 Å². The topological polar surface area (TPSA) is 74.3 Å². The van der Waals surface area contributed by atoms with Gasteiger partial charge in [0.1, 0.15) is 5.82 Å². The molecule has 148 valence electrons. The van der Waals surface area contributed by atoms with Crippen molar-refractivity contribution in [2.45, 2.75) is 32.2 Å². The molecule has 1 aromatic heterocycles. The summed E-state index contributed by atoms with van der Waals surface area (Å²) in [7, 11) is 0. The molecule has 1 fully saturated rings. The Morgan fingerprint density at radius 1 is 1.00 bits per heavy atom. The van der Waals surface area contributed by atoms with E-state index in [1.54, 1.807) is 12.1 Å². The number of pyridine rings is 1. The van der Waals surface area contributed by atoms with E-state index in [1.165, 1.54) is 25.7 Å². The van der Waals surface area contributed by atoms with E-state index in [2.05, 4.69) is 43.1 Å². The molecule has 0 unspecified atom stereocenters. The van der Waals surface area contributed by atoms with Crippen LogP contribution in [0.2, 0.25) is 0 Å². The number of rotatable bonds is 6. The van der Waals surface area contributed by atoms with Crippen LogP contribution in [0.1, 0.15) is 41.6 Å². The molecule has 7 heteroatoms. The smallest absolute Gasteiger partial charge is 0.252 e. The van der Waals surface area contributed by atoms with E-state index in [9.17, 15) is 9.59 Å². The van der Waals surface area contributed by atoms with Crippen LogP contribution in [0, 0.1) is 3.57 Å². The fourth-order valence-corrected chi connectivity index (χ4v) is 3.80. The van der Waals surface area contributed by atoms with Gasteiger partial charge in [-0.25, -0.2) is 4.98 Å². The Morgan fingerprint density at radius 3 is 2.43 bits per heavy atom. The molecule has 0 saturated carbocycles. The lowest BCUT2D eigenvalue weighted by molar-refractivity contribution is -0.120. The number of hydrogen-bond donors (Lipinski definition) is 2. The molecular weight excluding hydrogens is 467 g/mol. The van der Waals surface area contributed by atoms with Crippen molar-refractivity contribution in [2.75, 3.05) is 24.5 Å². The van der Waals surface area contributed by atoms with Gasteiger partial charge in [0.25, 0.3) is 5.91 Å². The summed E-state index contributed by atoms with van der Waals surface area (Å²) in [6, 6.07) is 11.3. The van der Waals surface area contributed by atoms with E-state index < -0.39 is 0 Å². The SMILES string of the molecule is O=C(CNC(=O)c1ccccc1I)NCc1ccc(N2CCCCCC2)nc1. The molecule has 0 aliphatic carbocycles. The Labute approximate surface area is 179 Å². The highest BCUT2D eigenvalue weighted by atomic mass is 127. The molecule has 2 amide bonds. The highest BCUT2D eigenvalue weighted by molar-refractivity contribution is 14.1. The average Bonchev–Trinajstić information content (AvgIpc) is 3.01. The summed E-state index contributed by atoms with van der Waals surface area (Å²) < 4.78 is 0.855. The van der Waals surface area contributed by atoms with Gasteiger partial charge in [0.15, 0.2) is 0 Å². The summed E-state index contributed by atoms with van der Waals surface area (Å²) in [5, 5.41) is 5.48. The Hall–Kier alpha value is -2.16. The van der Waals surface area contributed by atoms with Crippen LogP contribution in [0.4, 0.5) is 5.82 Å². The molecule has 6 nitrogen and oxygen atoms in total. The van der Waals surface area contributed by atoms with Crippen molar-refractivity contribution in [2.24, 2.45) is 0 Å².